The van der Waals surface area contributed by atoms with Gasteiger partial charge in [0.25, 0.3) is 5.56 Å². The van der Waals surface area contributed by atoms with Gasteiger partial charge in [-0.2, -0.15) is 4.98 Å². The predicted molar refractivity (Wildman–Crippen MR) is 105 cm³/mol. The van der Waals surface area contributed by atoms with Gasteiger partial charge in [0.1, 0.15) is 5.82 Å². The second kappa shape index (κ2) is 7.15. The predicted octanol–water partition coefficient (Wildman–Crippen LogP) is 2.20. The molecule has 0 spiro atoms. The maximum atomic E-state index is 12.8. The Morgan fingerprint density at radius 2 is 1.89 bits per heavy atom. The molecule has 2 aliphatic heterocycles. The number of carbonyl (C=O) groups excluding carboxylic acids is 2. The summed E-state index contributed by atoms with van der Waals surface area (Å²) in [6.07, 6.45) is 1.97. The highest BCUT2D eigenvalue weighted by atomic mass is 79.9. The van der Waals surface area contributed by atoms with E-state index in [1.165, 1.54) is 0 Å². The van der Waals surface area contributed by atoms with E-state index in [0.29, 0.717) is 11.6 Å². The van der Waals surface area contributed by atoms with E-state index in [1.807, 2.05) is 4.90 Å². The Hall–Kier alpha value is -2.68. The molecule has 0 bridgehead atoms. The number of nitrogens with zero attached hydrogens (tertiary/aromatic N) is 2. The van der Waals surface area contributed by atoms with Gasteiger partial charge in [-0.1, -0.05) is 15.9 Å². The molecule has 1 fully saturated rings. The van der Waals surface area contributed by atoms with Crippen molar-refractivity contribution in [1.29, 1.82) is 0 Å². The lowest BCUT2D eigenvalue weighted by Gasteiger charge is -2.25. The van der Waals surface area contributed by atoms with E-state index in [4.69, 9.17) is 0 Å². The largest absolute Gasteiger partial charge is 0.342 e. The minimum atomic E-state index is -0.888. The van der Waals surface area contributed by atoms with Crippen molar-refractivity contribution in [2.45, 2.75) is 25.2 Å². The number of anilines is 3. The SMILES string of the molecule is O=C1CC(C(=O)Nc2ccc(Br)cc2)c2c(nc(N3CCCC3)[nH]c2=O)N1. The van der Waals surface area contributed by atoms with Crippen LogP contribution < -0.4 is 21.1 Å². The van der Waals surface area contributed by atoms with Gasteiger partial charge in [0.15, 0.2) is 0 Å². The summed E-state index contributed by atoms with van der Waals surface area (Å²) < 4.78 is 0.887. The summed E-state index contributed by atoms with van der Waals surface area (Å²) in [6, 6.07) is 7.08. The number of H-pyrrole nitrogens is 1. The van der Waals surface area contributed by atoms with Gasteiger partial charge >= 0.3 is 0 Å². The van der Waals surface area contributed by atoms with Crippen LogP contribution in [0.1, 0.15) is 30.7 Å². The smallest absolute Gasteiger partial charge is 0.258 e. The number of carbonyl (C=O) groups is 2. The molecule has 1 saturated heterocycles. The highest BCUT2D eigenvalue weighted by molar-refractivity contribution is 9.10. The van der Waals surface area contributed by atoms with Crippen LogP contribution in [0.25, 0.3) is 0 Å². The Bertz CT molecular complexity index is 950. The molecule has 1 aromatic heterocycles. The van der Waals surface area contributed by atoms with Gasteiger partial charge in [-0.15, -0.1) is 0 Å². The standard InChI is InChI=1S/C18H18BrN5O3/c19-10-3-5-11(6-4-10)20-16(26)12-9-13(25)21-15-14(12)17(27)23-18(22-15)24-7-1-2-8-24/h3-6,12H,1-2,7-9H2,(H,20,26)(H2,21,22,23,25,27). The molecule has 8 nitrogen and oxygen atoms in total. The third-order valence-corrected chi connectivity index (χ3v) is 5.30. The molecule has 3 N–H and O–H groups in total. The van der Waals surface area contributed by atoms with Crippen molar-refractivity contribution in [2.75, 3.05) is 28.6 Å². The molecule has 4 rings (SSSR count). The van der Waals surface area contributed by atoms with Crippen molar-refractivity contribution in [3.05, 3.63) is 44.7 Å². The number of amides is 2. The van der Waals surface area contributed by atoms with E-state index in [1.54, 1.807) is 24.3 Å². The number of hydrogen-bond acceptors (Lipinski definition) is 5. The zero-order valence-electron chi connectivity index (χ0n) is 14.4. The summed E-state index contributed by atoms with van der Waals surface area (Å²) in [5.41, 5.74) is 0.402. The number of benzene rings is 1. The van der Waals surface area contributed by atoms with Crippen molar-refractivity contribution in [2.24, 2.45) is 0 Å². The fourth-order valence-electron chi connectivity index (χ4n) is 3.42. The first-order valence-corrected chi connectivity index (χ1v) is 9.56. The van der Waals surface area contributed by atoms with Crippen LogP contribution in [0.4, 0.5) is 17.5 Å². The molecule has 140 valence electrons. The molecule has 0 radical (unpaired) electrons. The van der Waals surface area contributed by atoms with Crippen LogP contribution in [0.5, 0.6) is 0 Å². The average molecular weight is 432 g/mol. The molecule has 2 amide bonds. The minimum absolute atomic E-state index is 0.0941. The normalized spacial score (nSPS) is 18.8. The topological polar surface area (TPSA) is 107 Å². The van der Waals surface area contributed by atoms with Gasteiger partial charge in [-0.3, -0.25) is 19.4 Å². The molecule has 1 unspecified atom stereocenters. The molecule has 1 atom stereocenters. The summed E-state index contributed by atoms with van der Waals surface area (Å²) in [5, 5.41) is 5.40. The third kappa shape index (κ3) is 3.59. The number of aromatic nitrogens is 2. The highest BCUT2D eigenvalue weighted by Crippen LogP contribution is 2.30. The zero-order valence-corrected chi connectivity index (χ0v) is 16.0. The quantitative estimate of drug-likeness (QED) is 0.690. The molecular formula is C18H18BrN5O3. The molecule has 0 saturated carbocycles. The van der Waals surface area contributed by atoms with Crippen LogP contribution in [-0.2, 0) is 9.59 Å². The van der Waals surface area contributed by atoms with E-state index < -0.39 is 17.4 Å². The van der Waals surface area contributed by atoms with Crippen LogP contribution in [0, 0.1) is 0 Å². The van der Waals surface area contributed by atoms with Crippen molar-refractivity contribution in [3.8, 4) is 0 Å². The minimum Gasteiger partial charge on any atom is -0.342 e. The second-order valence-electron chi connectivity index (χ2n) is 6.65. The Kier molecular flexibility index (Phi) is 4.69. The van der Waals surface area contributed by atoms with Crippen LogP contribution >= 0.6 is 15.9 Å². The van der Waals surface area contributed by atoms with Crippen molar-refractivity contribution in [3.63, 3.8) is 0 Å². The lowest BCUT2D eigenvalue weighted by molar-refractivity contribution is -0.123. The summed E-state index contributed by atoms with van der Waals surface area (Å²) in [4.78, 5) is 46.7. The molecule has 9 heteroatoms. The van der Waals surface area contributed by atoms with Crippen molar-refractivity contribution in [1.82, 2.24) is 9.97 Å². The summed E-state index contributed by atoms with van der Waals surface area (Å²) in [7, 11) is 0. The lowest BCUT2D eigenvalue weighted by atomic mass is 9.92. The van der Waals surface area contributed by atoms with E-state index in [2.05, 4.69) is 36.5 Å². The third-order valence-electron chi connectivity index (χ3n) is 4.77. The molecule has 1 aromatic carbocycles. The maximum absolute atomic E-state index is 12.8. The van der Waals surface area contributed by atoms with E-state index >= 15 is 0 Å². The number of nitrogens with one attached hydrogen (secondary N) is 3. The number of hydrogen-bond donors (Lipinski definition) is 3. The van der Waals surface area contributed by atoms with Gasteiger partial charge in [-0.25, -0.2) is 0 Å². The van der Waals surface area contributed by atoms with E-state index in [0.717, 1.165) is 30.4 Å². The summed E-state index contributed by atoms with van der Waals surface area (Å²) in [5.74, 6) is -1.02. The van der Waals surface area contributed by atoms with Crippen molar-refractivity contribution >= 4 is 45.2 Å². The van der Waals surface area contributed by atoms with Gasteiger partial charge < -0.3 is 15.5 Å². The van der Waals surface area contributed by atoms with Crippen LogP contribution in [0.3, 0.4) is 0 Å². The van der Waals surface area contributed by atoms with Gasteiger partial charge in [-0.05, 0) is 37.1 Å². The number of halogens is 1. The molecule has 3 heterocycles. The van der Waals surface area contributed by atoms with Crippen LogP contribution in [0.2, 0.25) is 0 Å². The van der Waals surface area contributed by atoms with E-state index in [9.17, 15) is 14.4 Å². The van der Waals surface area contributed by atoms with Crippen LogP contribution in [0.15, 0.2) is 33.5 Å². The first-order chi connectivity index (χ1) is 13.0. The second-order valence-corrected chi connectivity index (χ2v) is 7.56. The van der Waals surface area contributed by atoms with E-state index in [-0.39, 0.29) is 23.7 Å². The first kappa shape index (κ1) is 17.7. The lowest BCUT2D eigenvalue weighted by Crippen LogP contribution is -2.37. The summed E-state index contributed by atoms with van der Waals surface area (Å²) >= 11 is 3.34. The molecule has 27 heavy (non-hydrogen) atoms. The zero-order chi connectivity index (χ0) is 19.0. The Balaban J connectivity index is 1.65. The molecular weight excluding hydrogens is 414 g/mol. The fraction of sp³-hybridized carbons (Fsp3) is 0.333. The Morgan fingerprint density at radius 3 is 2.59 bits per heavy atom. The average Bonchev–Trinajstić information content (AvgIpc) is 3.17. The monoisotopic (exact) mass is 431 g/mol. The first-order valence-electron chi connectivity index (χ1n) is 8.77. The van der Waals surface area contributed by atoms with Crippen LogP contribution in [-0.4, -0.2) is 34.9 Å². The Labute approximate surface area is 163 Å². The molecule has 2 aromatic rings. The molecule has 0 aliphatic carbocycles. The number of fused-ring (bicyclic) bond motifs is 1. The summed E-state index contributed by atoms with van der Waals surface area (Å²) in [6.45, 7) is 1.62. The highest BCUT2D eigenvalue weighted by Gasteiger charge is 2.35. The maximum Gasteiger partial charge on any atom is 0.258 e. The van der Waals surface area contributed by atoms with Gasteiger partial charge in [0.2, 0.25) is 17.8 Å². The van der Waals surface area contributed by atoms with Gasteiger partial charge in [0, 0.05) is 29.7 Å². The van der Waals surface area contributed by atoms with Crippen molar-refractivity contribution < 1.29 is 9.59 Å². The molecule has 2 aliphatic rings. The fourth-order valence-corrected chi connectivity index (χ4v) is 3.69. The number of aromatic amines is 1. The Morgan fingerprint density at radius 1 is 1.19 bits per heavy atom. The number of rotatable bonds is 3. The van der Waals surface area contributed by atoms with Gasteiger partial charge in [0.05, 0.1) is 11.5 Å².